The van der Waals surface area contributed by atoms with Gasteiger partial charge in [-0.1, -0.05) is 29.8 Å². The van der Waals surface area contributed by atoms with Crippen LogP contribution in [-0.4, -0.2) is 11.0 Å². The number of fused-ring (bicyclic) bond motifs is 1. The number of hydrogen-bond donors (Lipinski definition) is 2. The van der Waals surface area contributed by atoms with E-state index in [0.29, 0.717) is 21.2 Å². The van der Waals surface area contributed by atoms with Crippen LogP contribution in [0, 0.1) is 0 Å². The van der Waals surface area contributed by atoms with Crippen molar-refractivity contribution in [2.24, 2.45) is 0 Å². The predicted octanol–water partition coefficient (Wildman–Crippen LogP) is 5.13. The Kier molecular flexibility index (Phi) is 4.43. The first-order valence-corrected chi connectivity index (χ1v) is 9.19. The Morgan fingerprint density at radius 3 is 2.70 bits per heavy atom. The molecule has 0 spiro atoms. The molecule has 0 aliphatic heterocycles. The van der Waals surface area contributed by atoms with Gasteiger partial charge in [-0.05, 0) is 35.7 Å². The molecule has 7 heteroatoms. The van der Waals surface area contributed by atoms with E-state index in [1.54, 1.807) is 41.8 Å². The van der Waals surface area contributed by atoms with Crippen molar-refractivity contribution in [1.82, 2.24) is 0 Å². The summed E-state index contributed by atoms with van der Waals surface area (Å²) in [4.78, 5) is 25.5. The van der Waals surface area contributed by atoms with Gasteiger partial charge in [0.15, 0.2) is 11.0 Å². The van der Waals surface area contributed by atoms with Gasteiger partial charge < -0.3 is 14.8 Å². The number of aromatic hydroxyl groups is 1. The molecule has 0 aliphatic rings. The van der Waals surface area contributed by atoms with E-state index in [0.717, 1.165) is 0 Å². The number of carbonyl (C=O) groups excluding carboxylic acids is 1. The average molecular weight is 398 g/mol. The van der Waals surface area contributed by atoms with Crippen LogP contribution in [0.5, 0.6) is 5.75 Å². The molecule has 2 N–H and O–H groups in total. The largest absolute Gasteiger partial charge is 0.507 e. The fraction of sp³-hybridized carbons (Fsp3) is 0. The SMILES string of the molecule is O=C(Nc1ccc(O)c2c(=O)cc(-c3cccc(Cl)c3)oc12)c1cccs1. The molecule has 0 unspecified atom stereocenters. The van der Waals surface area contributed by atoms with Crippen molar-refractivity contribution in [3.63, 3.8) is 0 Å². The van der Waals surface area contributed by atoms with Crippen LogP contribution in [0.2, 0.25) is 5.02 Å². The standard InChI is InChI=1S/C20H12ClNO4S/c21-12-4-1-3-11(9-12)16-10-15(24)18-14(23)7-6-13(19(18)26-16)22-20(25)17-5-2-8-27-17/h1-10,23H,(H,22,25). The third-order valence-corrected chi connectivity index (χ3v) is 5.06. The maximum atomic E-state index is 12.6. The van der Waals surface area contributed by atoms with Gasteiger partial charge in [-0.2, -0.15) is 0 Å². The number of thiophene rings is 1. The minimum atomic E-state index is -0.420. The quantitative estimate of drug-likeness (QED) is 0.469. The number of amides is 1. The van der Waals surface area contributed by atoms with Gasteiger partial charge in [0.1, 0.15) is 16.9 Å². The lowest BCUT2D eigenvalue weighted by molar-refractivity contribution is 0.103. The Hall–Kier alpha value is -3.09. The average Bonchev–Trinajstić information content (AvgIpc) is 3.18. The van der Waals surface area contributed by atoms with Crippen LogP contribution in [0.3, 0.4) is 0 Å². The summed E-state index contributed by atoms with van der Waals surface area (Å²) in [6.45, 7) is 0. The smallest absolute Gasteiger partial charge is 0.265 e. The molecule has 4 rings (SSSR count). The van der Waals surface area contributed by atoms with Crippen LogP contribution < -0.4 is 10.7 Å². The van der Waals surface area contributed by atoms with Crippen LogP contribution in [-0.2, 0) is 0 Å². The van der Waals surface area contributed by atoms with Crippen LogP contribution in [0.1, 0.15) is 9.67 Å². The summed E-state index contributed by atoms with van der Waals surface area (Å²) in [6, 6.07) is 14.5. The van der Waals surface area contributed by atoms with Crippen LogP contribution in [0.15, 0.2) is 69.2 Å². The lowest BCUT2D eigenvalue weighted by Crippen LogP contribution is -2.11. The van der Waals surface area contributed by atoms with Gasteiger partial charge in [-0.25, -0.2) is 0 Å². The molecule has 0 aliphatic carbocycles. The Morgan fingerprint density at radius 2 is 1.96 bits per heavy atom. The van der Waals surface area contributed by atoms with Crippen molar-refractivity contribution in [2.45, 2.75) is 0 Å². The van der Waals surface area contributed by atoms with Crippen LogP contribution in [0.4, 0.5) is 5.69 Å². The fourth-order valence-corrected chi connectivity index (χ4v) is 3.53. The Bertz CT molecular complexity index is 1210. The second kappa shape index (κ2) is 6.90. The minimum Gasteiger partial charge on any atom is -0.507 e. The third-order valence-electron chi connectivity index (χ3n) is 3.96. The first-order valence-electron chi connectivity index (χ1n) is 7.93. The molecule has 0 bridgehead atoms. The number of anilines is 1. The summed E-state index contributed by atoms with van der Waals surface area (Å²) in [7, 11) is 0. The van der Waals surface area contributed by atoms with Crippen molar-refractivity contribution in [2.75, 3.05) is 5.32 Å². The number of carbonyl (C=O) groups is 1. The first kappa shape index (κ1) is 17.3. The van der Waals surface area contributed by atoms with Crippen molar-refractivity contribution >= 4 is 45.5 Å². The second-order valence-electron chi connectivity index (χ2n) is 5.75. The van der Waals surface area contributed by atoms with Gasteiger partial charge in [0, 0.05) is 16.7 Å². The van der Waals surface area contributed by atoms with Crippen molar-refractivity contribution in [3.8, 4) is 17.1 Å². The van der Waals surface area contributed by atoms with Crippen LogP contribution >= 0.6 is 22.9 Å². The van der Waals surface area contributed by atoms with Gasteiger partial charge in [0.2, 0.25) is 0 Å². The molecule has 5 nitrogen and oxygen atoms in total. The molecule has 0 fully saturated rings. The highest BCUT2D eigenvalue weighted by Crippen LogP contribution is 2.33. The molecule has 134 valence electrons. The molecular weight excluding hydrogens is 386 g/mol. The zero-order valence-electron chi connectivity index (χ0n) is 13.7. The maximum absolute atomic E-state index is 12.6. The molecule has 0 radical (unpaired) electrons. The predicted molar refractivity (Wildman–Crippen MR) is 107 cm³/mol. The molecule has 2 aromatic heterocycles. The van der Waals surface area contributed by atoms with E-state index in [-0.39, 0.29) is 28.4 Å². The van der Waals surface area contributed by atoms with E-state index in [4.69, 9.17) is 16.0 Å². The van der Waals surface area contributed by atoms with E-state index in [9.17, 15) is 14.7 Å². The first-order chi connectivity index (χ1) is 13.0. The molecule has 0 saturated carbocycles. The van der Waals surface area contributed by atoms with Gasteiger partial charge in [0.05, 0.1) is 10.6 Å². The Balaban J connectivity index is 1.88. The summed E-state index contributed by atoms with van der Waals surface area (Å²) in [5.74, 6) is -0.259. The maximum Gasteiger partial charge on any atom is 0.265 e. The van der Waals surface area contributed by atoms with E-state index in [1.165, 1.54) is 29.5 Å². The lowest BCUT2D eigenvalue weighted by atomic mass is 10.1. The Labute approximate surface area is 162 Å². The highest BCUT2D eigenvalue weighted by molar-refractivity contribution is 7.12. The van der Waals surface area contributed by atoms with Gasteiger partial charge in [-0.15, -0.1) is 11.3 Å². The summed E-state index contributed by atoms with van der Waals surface area (Å²) < 4.78 is 5.88. The van der Waals surface area contributed by atoms with E-state index in [2.05, 4.69) is 5.32 Å². The highest BCUT2D eigenvalue weighted by Gasteiger charge is 2.17. The van der Waals surface area contributed by atoms with Gasteiger partial charge in [-0.3, -0.25) is 9.59 Å². The summed E-state index contributed by atoms with van der Waals surface area (Å²) in [5.41, 5.74) is 0.584. The van der Waals surface area contributed by atoms with Crippen molar-refractivity contribution in [3.05, 3.63) is 80.1 Å². The number of hydrogen-bond acceptors (Lipinski definition) is 5. The third kappa shape index (κ3) is 3.32. The summed E-state index contributed by atoms with van der Waals surface area (Å²) in [5, 5.41) is 15.1. The van der Waals surface area contributed by atoms with Gasteiger partial charge >= 0.3 is 0 Å². The monoisotopic (exact) mass is 397 g/mol. The number of nitrogens with one attached hydrogen (secondary N) is 1. The van der Waals surface area contributed by atoms with Crippen molar-refractivity contribution < 1.29 is 14.3 Å². The summed E-state index contributed by atoms with van der Waals surface area (Å²) >= 11 is 7.31. The zero-order chi connectivity index (χ0) is 19.0. The molecule has 27 heavy (non-hydrogen) atoms. The molecule has 1 amide bonds. The minimum absolute atomic E-state index is 0.00441. The molecule has 2 aromatic carbocycles. The normalized spacial score (nSPS) is 10.9. The molecule has 2 heterocycles. The summed E-state index contributed by atoms with van der Waals surface area (Å²) in [6.07, 6.45) is 0. The molecule has 4 aromatic rings. The number of benzene rings is 2. The lowest BCUT2D eigenvalue weighted by Gasteiger charge is -2.10. The number of halogens is 1. The number of phenols is 1. The molecule has 0 saturated heterocycles. The second-order valence-corrected chi connectivity index (χ2v) is 7.14. The van der Waals surface area contributed by atoms with E-state index in [1.807, 2.05) is 0 Å². The number of rotatable bonds is 3. The number of phenolic OH excluding ortho intramolecular Hbond substituents is 1. The Morgan fingerprint density at radius 1 is 1.11 bits per heavy atom. The van der Waals surface area contributed by atoms with Crippen molar-refractivity contribution in [1.29, 1.82) is 0 Å². The topological polar surface area (TPSA) is 79.5 Å². The van der Waals surface area contributed by atoms with Gasteiger partial charge in [0.25, 0.3) is 5.91 Å². The highest BCUT2D eigenvalue weighted by atomic mass is 35.5. The molecule has 0 atom stereocenters. The van der Waals surface area contributed by atoms with Crippen LogP contribution in [0.25, 0.3) is 22.3 Å². The van der Waals surface area contributed by atoms with E-state index >= 15 is 0 Å². The molecular formula is C20H12ClNO4S. The fourth-order valence-electron chi connectivity index (χ4n) is 2.72. The zero-order valence-corrected chi connectivity index (χ0v) is 15.3. The van der Waals surface area contributed by atoms with E-state index < -0.39 is 5.43 Å².